The van der Waals surface area contributed by atoms with Gasteiger partial charge in [0.25, 0.3) is 0 Å². The lowest BCUT2D eigenvalue weighted by molar-refractivity contribution is -0.143. The first-order valence-corrected chi connectivity index (χ1v) is 9.18. The molecule has 1 N–H and O–H groups in total. The summed E-state index contributed by atoms with van der Waals surface area (Å²) in [5, 5.41) is 17.8. The second kappa shape index (κ2) is 7.85. The van der Waals surface area contributed by atoms with Crippen molar-refractivity contribution in [3.05, 3.63) is 60.3 Å². The number of rotatable bonds is 5. The van der Waals surface area contributed by atoms with Gasteiger partial charge in [-0.05, 0) is 56.3 Å². The van der Waals surface area contributed by atoms with Gasteiger partial charge in [0.05, 0.1) is 17.3 Å². The van der Waals surface area contributed by atoms with Crippen molar-refractivity contribution in [2.75, 3.05) is 13.1 Å². The minimum Gasteiger partial charge on any atom is -0.481 e. The van der Waals surface area contributed by atoms with E-state index in [1.54, 1.807) is 29.2 Å². The number of benzene rings is 1. The van der Waals surface area contributed by atoms with Crippen molar-refractivity contribution in [1.82, 2.24) is 24.9 Å². The lowest BCUT2D eigenvalue weighted by Crippen LogP contribution is -2.36. The molecule has 144 valence electrons. The van der Waals surface area contributed by atoms with E-state index in [1.807, 2.05) is 12.1 Å². The van der Waals surface area contributed by atoms with Crippen LogP contribution in [0, 0.1) is 11.7 Å². The molecule has 4 rings (SSSR count). The van der Waals surface area contributed by atoms with Gasteiger partial charge in [-0.25, -0.2) is 9.07 Å². The zero-order valence-corrected chi connectivity index (χ0v) is 15.2. The Labute approximate surface area is 161 Å². The van der Waals surface area contributed by atoms with Gasteiger partial charge in [0, 0.05) is 24.5 Å². The van der Waals surface area contributed by atoms with Crippen LogP contribution < -0.4 is 0 Å². The van der Waals surface area contributed by atoms with Crippen LogP contribution in [0.2, 0.25) is 0 Å². The van der Waals surface area contributed by atoms with Crippen LogP contribution in [-0.4, -0.2) is 49.0 Å². The van der Waals surface area contributed by atoms with E-state index in [0.717, 1.165) is 17.0 Å². The summed E-state index contributed by atoms with van der Waals surface area (Å²) in [7, 11) is 0. The second-order valence-corrected chi connectivity index (χ2v) is 6.90. The van der Waals surface area contributed by atoms with Crippen LogP contribution >= 0.6 is 0 Å². The number of aromatic nitrogens is 4. The molecule has 3 aromatic rings. The summed E-state index contributed by atoms with van der Waals surface area (Å²) in [5.74, 6) is -1.35. The fraction of sp³-hybridized carbons (Fsp3) is 0.300. The van der Waals surface area contributed by atoms with E-state index >= 15 is 0 Å². The number of carbonyl (C=O) groups is 1. The first-order chi connectivity index (χ1) is 13.6. The third-order valence-electron chi connectivity index (χ3n) is 5.06. The van der Waals surface area contributed by atoms with E-state index in [9.17, 15) is 14.3 Å². The monoisotopic (exact) mass is 381 g/mol. The Bertz CT molecular complexity index is 968. The topological polar surface area (TPSA) is 84.1 Å². The molecule has 1 aliphatic rings. The number of pyridine rings is 1. The smallest absolute Gasteiger partial charge is 0.306 e. The molecule has 0 saturated carbocycles. The normalized spacial score (nSPS) is 15.6. The summed E-state index contributed by atoms with van der Waals surface area (Å²) < 4.78 is 15.4. The van der Waals surface area contributed by atoms with Crippen molar-refractivity contribution in [3.8, 4) is 16.9 Å². The molecule has 28 heavy (non-hydrogen) atoms. The fourth-order valence-corrected chi connectivity index (χ4v) is 3.56. The van der Waals surface area contributed by atoms with Crippen molar-refractivity contribution >= 4 is 5.97 Å². The lowest BCUT2D eigenvalue weighted by Gasteiger charge is -2.29. The summed E-state index contributed by atoms with van der Waals surface area (Å²) in [6, 6.07) is 9.97. The van der Waals surface area contributed by atoms with Gasteiger partial charge in [-0.2, -0.15) is 0 Å². The summed E-state index contributed by atoms with van der Waals surface area (Å²) in [6.45, 7) is 1.94. The molecule has 0 amide bonds. The predicted molar refractivity (Wildman–Crippen MR) is 100 cm³/mol. The quantitative estimate of drug-likeness (QED) is 0.732. The Hall–Kier alpha value is -3.13. The number of piperidine rings is 1. The molecule has 1 saturated heterocycles. The molecular formula is C20H20FN5O2. The molecule has 2 aromatic heterocycles. The Kier molecular flexibility index (Phi) is 5.12. The number of carboxylic acids is 1. The first-order valence-electron chi connectivity index (χ1n) is 9.18. The Balaban J connectivity index is 1.66. The third kappa shape index (κ3) is 3.77. The number of hydrogen-bond donors (Lipinski definition) is 1. The van der Waals surface area contributed by atoms with Crippen LogP contribution in [0.5, 0.6) is 0 Å². The van der Waals surface area contributed by atoms with E-state index in [-0.39, 0.29) is 11.7 Å². The molecule has 1 aromatic carbocycles. The van der Waals surface area contributed by atoms with Gasteiger partial charge in [0.15, 0.2) is 0 Å². The van der Waals surface area contributed by atoms with E-state index in [2.05, 4.69) is 20.2 Å². The maximum absolute atomic E-state index is 13.7. The number of carboxylic acid groups (broad SMARTS) is 1. The van der Waals surface area contributed by atoms with Gasteiger partial charge >= 0.3 is 5.97 Å². The van der Waals surface area contributed by atoms with Crippen LogP contribution in [0.15, 0.2) is 48.8 Å². The van der Waals surface area contributed by atoms with Crippen LogP contribution in [0.25, 0.3) is 16.9 Å². The van der Waals surface area contributed by atoms with E-state index in [0.29, 0.717) is 38.2 Å². The van der Waals surface area contributed by atoms with E-state index in [1.165, 1.54) is 12.1 Å². The molecule has 7 nitrogen and oxygen atoms in total. The SMILES string of the molecule is O=C(O)C1CCN(Cc2nnn(-c3cccc(F)c3)c2-c2ccncc2)CC1. The number of hydrogen-bond acceptors (Lipinski definition) is 5. The maximum Gasteiger partial charge on any atom is 0.306 e. The van der Waals surface area contributed by atoms with E-state index in [4.69, 9.17) is 0 Å². The van der Waals surface area contributed by atoms with Gasteiger partial charge in [0.2, 0.25) is 0 Å². The summed E-state index contributed by atoms with van der Waals surface area (Å²) in [5.41, 5.74) is 3.03. The highest BCUT2D eigenvalue weighted by Crippen LogP contribution is 2.27. The molecule has 0 spiro atoms. The second-order valence-electron chi connectivity index (χ2n) is 6.90. The molecule has 0 aliphatic carbocycles. The molecule has 8 heteroatoms. The number of nitrogens with zero attached hydrogens (tertiary/aromatic N) is 5. The molecule has 0 radical (unpaired) electrons. The zero-order chi connectivity index (χ0) is 19.5. The van der Waals surface area contributed by atoms with Crippen molar-refractivity contribution in [3.63, 3.8) is 0 Å². The van der Waals surface area contributed by atoms with Crippen LogP contribution in [0.1, 0.15) is 18.5 Å². The predicted octanol–water partition coefficient (Wildman–Crippen LogP) is 2.77. The summed E-state index contributed by atoms with van der Waals surface area (Å²) in [6.07, 6.45) is 4.64. The van der Waals surface area contributed by atoms with Crippen molar-refractivity contribution in [2.45, 2.75) is 19.4 Å². The highest BCUT2D eigenvalue weighted by Gasteiger charge is 2.26. The minimum atomic E-state index is -0.728. The van der Waals surface area contributed by atoms with Crippen molar-refractivity contribution < 1.29 is 14.3 Å². The molecule has 1 aliphatic heterocycles. The largest absolute Gasteiger partial charge is 0.481 e. The molecule has 0 unspecified atom stereocenters. The van der Waals surface area contributed by atoms with Gasteiger partial charge in [-0.1, -0.05) is 11.3 Å². The fourth-order valence-electron chi connectivity index (χ4n) is 3.56. The van der Waals surface area contributed by atoms with Gasteiger partial charge < -0.3 is 5.11 Å². The van der Waals surface area contributed by atoms with Crippen LogP contribution in [-0.2, 0) is 11.3 Å². The highest BCUT2D eigenvalue weighted by atomic mass is 19.1. The Morgan fingerprint density at radius 3 is 2.61 bits per heavy atom. The van der Waals surface area contributed by atoms with Gasteiger partial charge in [-0.3, -0.25) is 14.7 Å². The Morgan fingerprint density at radius 1 is 1.18 bits per heavy atom. The maximum atomic E-state index is 13.7. The van der Waals surface area contributed by atoms with Gasteiger partial charge in [0.1, 0.15) is 11.5 Å². The van der Waals surface area contributed by atoms with Crippen molar-refractivity contribution in [2.24, 2.45) is 5.92 Å². The average molecular weight is 381 g/mol. The summed E-state index contributed by atoms with van der Waals surface area (Å²) in [4.78, 5) is 17.4. The molecule has 3 heterocycles. The lowest BCUT2D eigenvalue weighted by atomic mass is 9.97. The first kappa shape index (κ1) is 18.2. The average Bonchev–Trinajstić information content (AvgIpc) is 3.12. The van der Waals surface area contributed by atoms with Gasteiger partial charge in [-0.15, -0.1) is 5.10 Å². The van der Waals surface area contributed by atoms with Crippen LogP contribution in [0.4, 0.5) is 4.39 Å². The number of halogens is 1. The molecule has 0 bridgehead atoms. The highest BCUT2D eigenvalue weighted by molar-refractivity contribution is 5.70. The van der Waals surface area contributed by atoms with Crippen LogP contribution in [0.3, 0.4) is 0 Å². The number of likely N-dealkylation sites (tertiary alicyclic amines) is 1. The summed E-state index contributed by atoms with van der Waals surface area (Å²) >= 11 is 0. The zero-order valence-electron chi connectivity index (χ0n) is 15.2. The molecular weight excluding hydrogens is 361 g/mol. The molecule has 1 fully saturated rings. The standard InChI is InChI=1S/C20H20FN5O2/c21-16-2-1-3-17(12-16)26-19(14-4-8-22-9-5-14)18(23-24-26)13-25-10-6-15(7-11-25)20(27)28/h1-5,8-9,12,15H,6-7,10-11,13H2,(H,27,28). The van der Waals surface area contributed by atoms with Crippen molar-refractivity contribution in [1.29, 1.82) is 0 Å². The Morgan fingerprint density at radius 2 is 1.93 bits per heavy atom. The third-order valence-corrected chi connectivity index (χ3v) is 5.06. The van der Waals surface area contributed by atoms with E-state index < -0.39 is 5.97 Å². The number of aliphatic carboxylic acids is 1. The minimum absolute atomic E-state index is 0.279. The molecule has 0 atom stereocenters.